The lowest BCUT2D eigenvalue weighted by molar-refractivity contribution is -0.191. The van der Waals surface area contributed by atoms with Crippen LogP contribution in [0.4, 0.5) is 0 Å². The number of halogens is 1. The van der Waals surface area contributed by atoms with Crippen LogP contribution in [0.1, 0.15) is 5.56 Å². The SMILES string of the molecule is COc1ccc(CN2CC3(COC3)C2)cc1Br. The lowest BCUT2D eigenvalue weighted by Gasteiger charge is -2.55. The van der Waals surface area contributed by atoms with Crippen LogP contribution < -0.4 is 4.74 Å². The molecule has 2 heterocycles. The maximum Gasteiger partial charge on any atom is 0.133 e. The second kappa shape index (κ2) is 4.26. The summed E-state index contributed by atoms with van der Waals surface area (Å²) in [5.74, 6) is 0.890. The van der Waals surface area contributed by atoms with Gasteiger partial charge in [0.15, 0.2) is 0 Å². The van der Waals surface area contributed by atoms with E-state index in [0.717, 1.165) is 30.0 Å². The van der Waals surface area contributed by atoms with Crippen LogP contribution in [0.15, 0.2) is 22.7 Å². The normalized spacial score (nSPS) is 22.0. The lowest BCUT2D eigenvalue weighted by Crippen LogP contribution is -2.65. The van der Waals surface area contributed by atoms with E-state index in [9.17, 15) is 0 Å². The Balaban J connectivity index is 1.60. The fraction of sp³-hybridized carbons (Fsp3) is 0.538. The standard InChI is InChI=1S/C13H16BrNO2/c1-16-12-3-2-10(4-11(12)14)5-15-6-13(7-15)8-17-9-13/h2-4H,5-9H2,1H3. The third-order valence-electron chi connectivity index (χ3n) is 3.56. The van der Waals surface area contributed by atoms with E-state index in [1.54, 1.807) is 7.11 Å². The quantitative estimate of drug-likeness (QED) is 0.854. The van der Waals surface area contributed by atoms with Crippen LogP contribution in [-0.4, -0.2) is 38.3 Å². The van der Waals surface area contributed by atoms with Gasteiger partial charge in [-0.25, -0.2) is 0 Å². The molecule has 0 bridgehead atoms. The van der Waals surface area contributed by atoms with Crippen LogP contribution in [0.25, 0.3) is 0 Å². The van der Waals surface area contributed by atoms with Gasteiger partial charge in [0.1, 0.15) is 5.75 Å². The Morgan fingerprint density at radius 1 is 1.41 bits per heavy atom. The molecule has 17 heavy (non-hydrogen) atoms. The first-order chi connectivity index (χ1) is 8.21. The van der Waals surface area contributed by atoms with Crippen molar-refractivity contribution in [1.82, 2.24) is 4.90 Å². The minimum atomic E-state index is 0.504. The summed E-state index contributed by atoms with van der Waals surface area (Å²) in [6, 6.07) is 6.29. The van der Waals surface area contributed by atoms with E-state index in [1.165, 1.54) is 18.7 Å². The molecule has 0 atom stereocenters. The molecular weight excluding hydrogens is 282 g/mol. The zero-order chi connectivity index (χ0) is 11.9. The molecule has 0 unspecified atom stereocenters. The molecule has 2 fully saturated rings. The van der Waals surface area contributed by atoms with Gasteiger partial charge >= 0.3 is 0 Å². The van der Waals surface area contributed by atoms with Gasteiger partial charge in [-0.3, -0.25) is 4.90 Å². The van der Waals surface area contributed by atoms with Crippen molar-refractivity contribution >= 4 is 15.9 Å². The molecule has 2 saturated heterocycles. The summed E-state index contributed by atoms with van der Waals surface area (Å²) in [5.41, 5.74) is 1.83. The number of benzene rings is 1. The summed E-state index contributed by atoms with van der Waals surface area (Å²) in [5, 5.41) is 0. The van der Waals surface area contributed by atoms with Gasteiger partial charge < -0.3 is 9.47 Å². The summed E-state index contributed by atoms with van der Waals surface area (Å²) < 4.78 is 11.5. The highest BCUT2D eigenvalue weighted by molar-refractivity contribution is 9.10. The summed E-state index contributed by atoms with van der Waals surface area (Å²) >= 11 is 3.52. The van der Waals surface area contributed by atoms with Crippen molar-refractivity contribution in [3.8, 4) is 5.75 Å². The maximum atomic E-state index is 5.28. The first-order valence-electron chi connectivity index (χ1n) is 5.83. The molecule has 4 heteroatoms. The molecule has 0 aliphatic carbocycles. The molecule has 92 valence electrons. The third-order valence-corrected chi connectivity index (χ3v) is 4.18. The predicted octanol–water partition coefficient (Wildman–Crippen LogP) is 2.29. The van der Waals surface area contributed by atoms with E-state index in [1.807, 2.05) is 6.07 Å². The van der Waals surface area contributed by atoms with Gasteiger partial charge in [0.05, 0.1) is 24.8 Å². The van der Waals surface area contributed by atoms with Crippen LogP contribution in [0.2, 0.25) is 0 Å². The van der Waals surface area contributed by atoms with Gasteiger partial charge in [-0.1, -0.05) is 6.07 Å². The van der Waals surface area contributed by atoms with Crippen molar-refractivity contribution in [3.05, 3.63) is 28.2 Å². The Labute approximate surface area is 110 Å². The van der Waals surface area contributed by atoms with Crippen molar-refractivity contribution in [3.63, 3.8) is 0 Å². The van der Waals surface area contributed by atoms with E-state index in [4.69, 9.17) is 9.47 Å². The number of rotatable bonds is 3. The van der Waals surface area contributed by atoms with Crippen molar-refractivity contribution in [2.45, 2.75) is 6.54 Å². The zero-order valence-electron chi connectivity index (χ0n) is 9.91. The second-order valence-corrected chi connectivity index (χ2v) is 5.96. The summed E-state index contributed by atoms with van der Waals surface area (Å²) in [6.45, 7) is 5.28. The van der Waals surface area contributed by atoms with Crippen LogP contribution in [-0.2, 0) is 11.3 Å². The van der Waals surface area contributed by atoms with Gasteiger partial charge in [0.25, 0.3) is 0 Å². The molecule has 1 aromatic carbocycles. The van der Waals surface area contributed by atoms with Crippen LogP contribution >= 0.6 is 15.9 Å². The molecule has 2 aliphatic heterocycles. The number of hydrogen-bond donors (Lipinski definition) is 0. The molecule has 0 amide bonds. The van der Waals surface area contributed by atoms with Crippen LogP contribution in [0.5, 0.6) is 5.75 Å². The number of hydrogen-bond acceptors (Lipinski definition) is 3. The lowest BCUT2D eigenvalue weighted by atomic mass is 9.78. The van der Waals surface area contributed by atoms with Crippen LogP contribution in [0, 0.1) is 5.41 Å². The predicted molar refractivity (Wildman–Crippen MR) is 69.2 cm³/mol. The fourth-order valence-corrected chi connectivity index (χ4v) is 3.24. The highest BCUT2D eigenvalue weighted by atomic mass is 79.9. The highest BCUT2D eigenvalue weighted by Crippen LogP contribution is 2.38. The summed E-state index contributed by atoms with van der Waals surface area (Å²) in [4.78, 5) is 2.47. The minimum Gasteiger partial charge on any atom is -0.496 e. The minimum absolute atomic E-state index is 0.504. The number of methoxy groups -OCH3 is 1. The van der Waals surface area contributed by atoms with Crippen molar-refractivity contribution in [1.29, 1.82) is 0 Å². The Kier molecular flexibility index (Phi) is 2.89. The van der Waals surface area contributed by atoms with Gasteiger partial charge in [-0.2, -0.15) is 0 Å². The fourth-order valence-electron chi connectivity index (χ4n) is 2.65. The highest BCUT2D eigenvalue weighted by Gasteiger charge is 2.48. The van der Waals surface area contributed by atoms with Gasteiger partial charge in [-0.05, 0) is 33.6 Å². The van der Waals surface area contributed by atoms with E-state index in [-0.39, 0.29) is 0 Å². The molecule has 2 aliphatic rings. The molecule has 1 aromatic rings. The first kappa shape index (κ1) is 11.5. The zero-order valence-corrected chi connectivity index (χ0v) is 11.5. The summed E-state index contributed by atoms with van der Waals surface area (Å²) in [6.07, 6.45) is 0. The Morgan fingerprint density at radius 2 is 2.18 bits per heavy atom. The molecule has 1 spiro atoms. The molecular formula is C13H16BrNO2. The van der Waals surface area contributed by atoms with E-state index < -0.39 is 0 Å². The molecule has 3 rings (SSSR count). The van der Waals surface area contributed by atoms with Gasteiger partial charge in [0, 0.05) is 25.0 Å². The van der Waals surface area contributed by atoms with E-state index in [0.29, 0.717) is 5.41 Å². The van der Waals surface area contributed by atoms with Crippen molar-refractivity contribution in [2.24, 2.45) is 5.41 Å². The average molecular weight is 298 g/mol. The molecule has 0 N–H and O–H groups in total. The number of likely N-dealkylation sites (tertiary alicyclic amines) is 1. The average Bonchev–Trinajstić information content (AvgIpc) is 2.20. The Morgan fingerprint density at radius 3 is 2.71 bits per heavy atom. The monoisotopic (exact) mass is 297 g/mol. The van der Waals surface area contributed by atoms with E-state index >= 15 is 0 Å². The second-order valence-electron chi connectivity index (χ2n) is 5.11. The van der Waals surface area contributed by atoms with Gasteiger partial charge in [-0.15, -0.1) is 0 Å². The first-order valence-corrected chi connectivity index (χ1v) is 6.63. The number of nitrogens with zero attached hydrogens (tertiary/aromatic N) is 1. The van der Waals surface area contributed by atoms with Crippen LogP contribution in [0.3, 0.4) is 0 Å². The van der Waals surface area contributed by atoms with E-state index in [2.05, 4.69) is 33.0 Å². The molecule has 0 saturated carbocycles. The summed E-state index contributed by atoms with van der Waals surface area (Å²) in [7, 11) is 1.69. The largest absolute Gasteiger partial charge is 0.496 e. The molecule has 3 nitrogen and oxygen atoms in total. The maximum absolute atomic E-state index is 5.28. The smallest absolute Gasteiger partial charge is 0.133 e. The molecule has 0 radical (unpaired) electrons. The van der Waals surface area contributed by atoms with Crippen molar-refractivity contribution < 1.29 is 9.47 Å². The molecule has 0 aromatic heterocycles. The topological polar surface area (TPSA) is 21.7 Å². The Bertz CT molecular complexity index is 423. The Hall–Kier alpha value is -0.580. The number of ether oxygens (including phenoxy) is 2. The van der Waals surface area contributed by atoms with Crippen molar-refractivity contribution in [2.75, 3.05) is 33.4 Å². The third kappa shape index (κ3) is 2.09. The van der Waals surface area contributed by atoms with Gasteiger partial charge in [0.2, 0.25) is 0 Å².